The largest absolute Gasteiger partial charge is 0.377 e. The molecule has 4 aromatic rings. The van der Waals surface area contributed by atoms with Crippen molar-refractivity contribution >= 4 is 34.1 Å². The molecule has 6 rings (SSSR count). The summed E-state index contributed by atoms with van der Waals surface area (Å²) in [7, 11) is 0. The lowest BCUT2D eigenvalue weighted by Gasteiger charge is -2.41. The smallest absolute Gasteiger partial charge is 0.252 e. The molecule has 8 heteroatoms. The summed E-state index contributed by atoms with van der Waals surface area (Å²) in [4.78, 5) is 36.1. The van der Waals surface area contributed by atoms with Crippen LogP contribution in [-0.2, 0) is 0 Å². The summed E-state index contributed by atoms with van der Waals surface area (Å²) in [5, 5.41) is 10.8. The van der Waals surface area contributed by atoms with Gasteiger partial charge in [0.15, 0.2) is 5.78 Å². The zero-order valence-electron chi connectivity index (χ0n) is 20.3. The quantitative estimate of drug-likeness (QED) is 0.402. The van der Waals surface area contributed by atoms with Gasteiger partial charge in [0.05, 0.1) is 5.54 Å². The fourth-order valence-corrected chi connectivity index (χ4v) is 5.39. The average Bonchev–Trinajstić information content (AvgIpc) is 3.40. The van der Waals surface area contributed by atoms with E-state index in [0.717, 1.165) is 30.9 Å². The molecular weight excluding hydrogens is 452 g/mol. The molecule has 4 heterocycles. The van der Waals surface area contributed by atoms with Crippen molar-refractivity contribution in [1.29, 1.82) is 0 Å². The third-order valence-corrected chi connectivity index (χ3v) is 7.21. The normalized spacial score (nSPS) is 20.7. The van der Waals surface area contributed by atoms with Crippen LogP contribution in [0.2, 0.25) is 0 Å². The van der Waals surface area contributed by atoms with E-state index in [4.69, 9.17) is 4.98 Å². The van der Waals surface area contributed by atoms with E-state index < -0.39 is 11.6 Å². The molecule has 1 saturated heterocycles. The number of nitrogens with one attached hydrogen (secondary N) is 3. The maximum absolute atomic E-state index is 13.7. The van der Waals surface area contributed by atoms with Crippen molar-refractivity contribution in [3.05, 3.63) is 88.3 Å². The molecule has 2 aliphatic heterocycles. The Morgan fingerprint density at radius 2 is 1.83 bits per heavy atom. The second-order valence-electron chi connectivity index (χ2n) is 10.1. The minimum absolute atomic E-state index is 0.117. The number of Topliss-reactive ketones (excluding diaryl/α,β-unsaturated/α-hetero) is 1. The highest BCUT2D eigenvalue weighted by Crippen LogP contribution is 2.38. The average molecular weight is 481 g/mol. The van der Waals surface area contributed by atoms with Gasteiger partial charge in [-0.05, 0) is 68.6 Å². The minimum atomic E-state index is -0.773. The zero-order valence-corrected chi connectivity index (χ0v) is 20.3. The summed E-state index contributed by atoms with van der Waals surface area (Å²) in [6, 6.07) is 18.1. The fourth-order valence-electron chi connectivity index (χ4n) is 5.39. The number of hydrogen-bond acceptors (Lipinski definition) is 7. The maximum Gasteiger partial charge on any atom is 0.252 e. The van der Waals surface area contributed by atoms with Gasteiger partial charge in [-0.25, -0.2) is 4.98 Å². The first-order valence-corrected chi connectivity index (χ1v) is 12.3. The van der Waals surface area contributed by atoms with Crippen molar-refractivity contribution < 1.29 is 4.79 Å². The van der Waals surface area contributed by atoms with Gasteiger partial charge in [-0.3, -0.25) is 14.2 Å². The number of nitrogens with zero attached hydrogens (tertiary/aromatic N) is 3. The molecule has 1 fully saturated rings. The van der Waals surface area contributed by atoms with Gasteiger partial charge >= 0.3 is 0 Å². The van der Waals surface area contributed by atoms with Crippen molar-refractivity contribution in [2.45, 2.75) is 37.8 Å². The Balaban J connectivity index is 1.39. The topological polar surface area (TPSA) is 101 Å². The number of pyridine rings is 1. The first kappa shape index (κ1) is 22.4. The van der Waals surface area contributed by atoms with Gasteiger partial charge in [-0.15, -0.1) is 0 Å². The number of fused-ring (bicyclic) bond motifs is 2. The first-order chi connectivity index (χ1) is 17.4. The van der Waals surface area contributed by atoms with Crippen molar-refractivity contribution in [1.82, 2.24) is 19.9 Å². The highest BCUT2D eigenvalue weighted by atomic mass is 16.1. The molecule has 8 nitrogen and oxygen atoms in total. The molecule has 2 unspecified atom stereocenters. The summed E-state index contributed by atoms with van der Waals surface area (Å²) in [5.74, 6) is 0.793. The van der Waals surface area contributed by atoms with E-state index in [2.05, 4.69) is 33.1 Å². The van der Waals surface area contributed by atoms with Gasteiger partial charge < -0.3 is 16.0 Å². The predicted molar refractivity (Wildman–Crippen MR) is 141 cm³/mol. The molecule has 182 valence electrons. The Morgan fingerprint density at radius 3 is 2.61 bits per heavy atom. The number of ketones is 1. The lowest BCUT2D eigenvalue weighted by atomic mass is 9.82. The van der Waals surface area contributed by atoms with Gasteiger partial charge in [-0.2, -0.15) is 4.98 Å². The molecule has 2 atom stereocenters. The van der Waals surface area contributed by atoms with Gasteiger partial charge in [0.1, 0.15) is 11.7 Å². The standard InChI is InChI=1S/C28H28N6O2/c1-28(2)25(24(36)21-5-3-4-6-22(21)33-28)34-23(35)12-9-19-16-30-27(32-26(19)34)31-20-10-7-17(8-11-20)18-13-14-29-15-18/h3-12,16,18,25,29,33H,13-15H2,1-2H3,(H,30,31,32). The van der Waals surface area contributed by atoms with Crippen LogP contribution in [0.1, 0.15) is 48.1 Å². The van der Waals surface area contributed by atoms with Crippen LogP contribution in [0, 0.1) is 0 Å². The van der Waals surface area contributed by atoms with Crippen LogP contribution in [-0.4, -0.2) is 38.9 Å². The minimum Gasteiger partial charge on any atom is -0.377 e. The SMILES string of the molecule is CC1(C)Nc2ccccc2C(=O)C1n1c(=O)ccc2cnc(Nc3ccc(C4CCNC4)cc3)nc21. The third kappa shape index (κ3) is 3.83. The predicted octanol–water partition coefficient (Wildman–Crippen LogP) is 4.24. The number of anilines is 3. The van der Waals surface area contributed by atoms with Gasteiger partial charge in [0.2, 0.25) is 5.95 Å². The molecular formula is C28H28N6O2. The lowest BCUT2D eigenvalue weighted by molar-refractivity contribution is 0.0876. The van der Waals surface area contributed by atoms with Crippen LogP contribution in [0.4, 0.5) is 17.3 Å². The lowest BCUT2D eigenvalue weighted by Crippen LogP contribution is -2.51. The van der Waals surface area contributed by atoms with E-state index in [0.29, 0.717) is 28.5 Å². The number of carbonyl (C=O) groups is 1. The van der Waals surface area contributed by atoms with Crippen LogP contribution in [0.15, 0.2) is 71.7 Å². The Bertz CT molecular complexity index is 1520. The first-order valence-electron chi connectivity index (χ1n) is 12.3. The van der Waals surface area contributed by atoms with Crippen molar-refractivity contribution in [3.8, 4) is 0 Å². The Hall–Kier alpha value is -4.04. The highest BCUT2D eigenvalue weighted by Gasteiger charge is 2.43. The Kier molecular flexibility index (Phi) is 5.34. The number of carbonyl (C=O) groups excluding carboxylic acids is 1. The summed E-state index contributed by atoms with van der Waals surface area (Å²) in [6.45, 7) is 5.92. The molecule has 0 spiro atoms. The van der Waals surface area contributed by atoms with Crippen molar-refractivity contribution in [2.75, 3.05) is 23.7 Å². The second-order valence-corrected chi connectivity index (χ2v) is 10.1. The summed E-state index contributed by atoms with van der Waals surface area (Å²) in [6.07, 6.45) is 2.83. The highest BCUT2D eigenvalue weighted by molar-refractivity contribution is 6.07. The molecule has 0 amide bonds. The summed E-state index contributed by atoms with van der Waals surface area (Å²) in [5.41, 5.74) is 2.92. The van der Waals surface area contributed by atoms with Crippen LogP contribution >= 0.6 is 0 Å². The molecule has 36 heavy (non-hydrogen) atoms. The van der Waals surface area contributed by atoms with Gasteiger partial charge in [0.25, 0.3) is 5.56 Å². The fraction of sp³-hybridized carbons (Fsp3) is 0.286. The third-order valence-electron chi connectivity index (χ3n) is 7.21. The summed E-state index contributed by atoms with van der Waals surface area (Å²) < 4.78 is 1.50. The Labute approximate surface area is 208 Å². The number of rotatable bonds is 4. The van der Waals surface area contributed by atoms with Crippen molar-refractivity contribution in [2.24, 2.45) is 0 Å². The number of para-hydroxylation sites is 1. The van der Waals surface area contributed by atoms with E-state index in [-0.39, 0.29) is 11.3 Å². The Morgan fingerprint density at radius 1 is 1.03 bits per heavy atom. The van der Waals surface area contributed by atoms with Crippen LogP contribution in [0.25, 0.3) is 11.0 Å². The molecule has 2 aromatic carbocycles. The number of benzene rings is 2. The van der Waals surface area contributed by atoms with Crippen LogP contribution in [0.5, 0.6) is 0 Å². The zero-order chi connectivity index (χ0) is 24.9. The van der Waals surface area contributed by atoms with E-state index in [9.17, 15) is 9.59 Å². The maximum atomic E-state index is 13.7. The monoisotopic (exact) mass is 480 g/mol. The molecule has 0 bridgehead atoms. The number of aromatic nitrogens is 3. The van der Waals surface area contributed by atoms with Gasteiger partial charge in [0, 0.05) is 41.1 Å². The summed E-state index contributed by atoms with van der Waals surface area (Å²) >= 11 is 0. The second kappa shape index (κ2) is 8.57. The van der Waals surface area contributed by atoms with Crippen molar-refractivity contribution in [3.63, 3.8) is 0 Å². The van der Waals surface area contributed by atoms with E-state index in [1.807, 2.05) is 44.2 Å². The molecule has 2 aliphatic rings. The van der Waals surface area contributed by atoms with Crippen LogP contribution in [0.3, 0.4) is 0 Å². The van der Waals surface area contributed by atoms with Crippen LogP contribution < -0.4 is 21.5 Å². The van der Waals surface area contributed by atoms with E-state index >= 15 is 0 Å². The van der Waals surface area contributed by atoms with E-state index in [1.165, 1.54) is 16.2 Å². The van der Waals surface area contributed by atoms with E-state index in [1.54, 1.807) is 18.3 Å². The molecule has 0 radical (unpaired) electrons. The molecule has 0 aliphatic carbocycles. The molecule has 0 saturated carbocycles. The number of hydrogen-bond donors (Lipinski definition) is 3. The molecule has 3 N–H and O–H groups in total. The van der Waals surface area contributed by atoms with Gasteiger partial charge in [-0.1, -0.05) is 24.3 Å². The molecule has 2 aromatic heterocycles.